The maximum Gasteiger partial charge on any atom is 0.261 e. The van der Waals surface area contributed by atoms with Crippen molar-refractivity contribution in [2.75, 3.05) is 10.0 Å². The normalized spacial score (nSPS) is 11.2. The number of aromatic nitrogens is 2. The highest BCUT2D eigenvalue weighted by Crippen LogP contribution is 2.21. The quantitative estimate of drug-likeness (QED) is 0.588. The van der Waals surface area contributed by atoms with Gasteiger partial charge in [-0.2, -0.15) is 5.10 Å². The van der Waals surface area contributed by atoms with Crippen molar-refractivity contribution >= 4 is 33.1 Å². The zero-order valence-electron chi connectivity index (χ0n) is 17.1. The fourth-order valence-electron chi connectivity index (χ4n) is 2.91. The molecule has 2 aromatic carbocycles. The van der Waals surface area contributed by atoms with E-state index in [2.05, 4.69) is 15.1 Å². The number of benzene rings is 2. The number of carbonyl (C=O) groups excluding carboxylic acids is 2. The minimum atomic E-state index is -3.82. The van der Waals surface area contributed by atoms with Crippen molar-refractivity contribution in [3.63, 3.8) is 0 Å². The van der Waals surface area contributed by atoms with E-state index < -0.39 is 10.0 Å². The summed E-state index contributed by atoms with van der Waals surface area (Å²) in [6.07, 6.45) is 0. The predicted octanol–water partition coefficient (Wildman–Crippen LogP) is 3.29. The first-order chi connectivity index (χ1) is 14.1. The van der Waals surface area contributed by atoms with E-state index in [4.69, 9.17) is 0 Å². The molecule has 0 aliphatic heterocycles. The van der Waals surface area contributed by atoms with Gasteiger partial charge in [0, 0.05) is 23.9 Å². The molecule has 1 amide bonds. The lowest BCUT2D eigenvalue weighted by Gasteiger charge is -2.10. The summed E-state index contributed by atoms with van der Waals surface area (Å²) in [7, 11) is -2.02. The Hall–Kier alpha value is -3.46. The maximum absolute atomic E-state index is 12.5. The third-order valence-corrected chi connectivity index (χ3v) is 6.12. The highest BCUT2D eigenvalue weighted by atomic mass is 32.2. The van der Waals surface area contributed by atoms with Gasteiger partial charge in [0.2, 0.25) is 0 Å². The van der Waals surface area contributed by atoms with Crippen molar-refractivity contribution in [2.45, 2.75) is 25.7 Å². The van der Waals surface area contributed by atoms with Crippen molar-refractivity contribution in [3.8, 4) is 0 Å². The molecule has 0 unspecified atom stereocenters. The summed E-state index contributed by atoms with van der Waals surface area (Å²) in [5.41, 5.74) is 3.33. The van der Waals surface area contributed by atoms with E-state index in [1.165, 1.54) is 55.5 Å². The van der Waals surface area contributed by atoms with E-state index in [1.807, 2.05) is 13.8 Å². The third kappa shape index (κ3) is 4.41. The second-order valence-electron chi connectivity index (χ2n) is 6.89. The number of carbonyl (C=O) groups is 2. The molecule has 0 aliphatic rings. The summed E-state index contributed by atoms with van der Waals surface area (Å²) < 4.78 is 29.2. The molecule has 8 nitrogen and oxygen atoms in total. The number of ketones is 1. The van der Waals surface area contributed by atoms with Crippen LogP contribution in [0.15, 0.2) is 53.4 Å². The Morgan fingerprint density at radius 1 is 0.933 bits per heavy atom. The Labute approximate surface area is 175 Å². The fraction of sp³-hybridized carbons (Fsp3) is 0.190. The summed E-state index contributed by atoms with van der Waals surface area (Å²) in [4.78, 5) is 23.9. The summed E-state index contributed by atoms with van der Waals surface area (Å²) in [6, 6.07) is 11.8. The number of Topliss-reactive ketones (excluding diaryl/α,β-unsaturated/α-hetero) is 1. The maximum atomic E-state index is 12.5. The van der Waals surface area contributed by atoms with Crippen molar-refractivity contribution in [2.24, 2.45) is 7.05 Å². The molecule has 0 aliphatic carbocycles. The fourth-order valence-corrected chi connectivity index (χ4v) is 3.97. The monoisotopic (exact) mass is 426 g/mol. The molecule has 3 rings (SSSR count). The average molecular weight is 426 g/mol. The topological polar surface area (TPSA) is 110 Å². The van der Waals surface area contributed by atoms with Crippen LogP contribution in [0.4, 0.5) is 11.4 Å². The Kier molecular flexibility index (Phi) is 5.75. The first kappa shape index (κ1) is 21.3. The molecule has 1 heterocycles. The van der Waals surface area contributed by atoms with Gasteiger partial charge in [0.25, 0.3) is 15.9 Å². The molecule has 156 valence electrons. The molecular weight excluding hydrogens is 404 g/mol. The van der Waals surface area contributed by atoms with E-state index in [0.717, 1.165) is 5.69 Å². The van der Waals surface area contributed by atoms with Crippen LogP contribution in [0.2, 0.25) is 0 Å². The summed E-state index contributed by atoms with van der Waals surface area (Å²) in [6.45, 7) is 5.08. The van der Waals surface area contributed by atoms with Crippen molar-refractivity contribution in [1.29, 1.82) is 0 Å². The smallest absolute Gasteiger partial charge is 0.261 e. The molecule has 0 bridgehead atoms. The molecular formula is C21H22N4O4S. The molecule has 2 N–H and O–H groups in total. The molecule has 1 aromatic heterocycles. The van der Waals surface area contributed by atoms with Crippen LogP contribution >= 0.6 is 0 Å². The van der Waals surface area contributed by atoms with Crippen molar-refractivity contribution < 1.29 is 18.0 Å². The zero-order valence-corrected chi connectivity index (χ0v) is 17.9. The molecule has 0 fully saturated rings. The summed E-state index contributed by atoms with van der Waals surface area (Å²) in [5, 5.41) is 7.10. The SMILES string of the molecule is CC(=O)c1ccc(S(=O)(=O)Nc2ccc(C(=O)Nc3c(C)nn(C)c3C)cc2)cc1. The number of hydrogen-bond acceptors (Lipinski definition) is 5. The van der Waals surface area contributed by atoms with Gasteiger partial charge >= 0.3 is 0 Å². The lowest BCUT2D eigenvalue weighted by molar-refractivity contribution is 0.101. The van der Waals surface area contributed by atoms with Gasteiger partial charge in [-0.15, -0.1) is 0 Å². The standard InChI is InChI=1S/C21H22N4O4S/c1-13-20(14(2)25(4)23-13)22-21(27)17-5-9-18(10-6-17)24-30(28,29)19-11-7-16(8-12-19)15(3)26/h5-12,24H,1-4H3,(H,22,27). The van der Waals surface area contributed by atoms with Crippen LogP contribution in [-0.2, 0) is 17.1 Å². The Bertz CT molecular complexity index is 1210. The van der Waals surface area contributed by atoms with Gasteiger partial charge in [-0.1, -0.05) is 12.1 Å². The minimum absolute atomic E-state index is 0.0387. The number of hydrogen-bond donors (Lipinski definition) is 2. The molecule has 0 radical (unpaired) electrons. The van der Waals surface area contributed by atoms with Crippen LogP contribution in [0.25, 0.3) is 0 Å². The van der Waals surface area contributed by atoms with Gasteiger partial charge in [-0.3, -0.25) is 19.0 Å². The van der Waals surface area contributed by atoms with Crippen LogP contribution in [0.5, 0.6) is 0 Å². The van der Waals surface area contributed by atoms with Gasteiger partial charge in [-0.05, 0) is 57.2 Å². The van der Waals surface area contributed by atoms with E-state index in [9.17, 15) is 18.0 Å². The molecule has 30 heavy (non-hydrogen) atoms. The highest BCUT2D eigenvalue weighted by molar-refractivity contribution is 7.92. The largest absolute Gasteiger partial charge is 0.319 e. The number of rotatable bonds is 6. The van der Waals surface area contributed by atoms with E-state index in [-0.39, 0.29) is 16.6 Å². The summed E-state index contributed by atoms with van der Waals surface area (Å²) in [5.74, 6) is -0.458. The minimum Gasteiger partial charge on any atom is -0.319 e. The number of aryl methyl sites for hydroxylation is 2. The molecule has 0 saturated heterocycles. The second-order valence-corrected chi connectivity index (χ2v) is 8.57. The first-order valence-corrected chi connectivity index (χ1v) is 10.6. The number of nitrogens with zero attached hydrogens (tertiary/aromatic N) is 2. The van der Waals surface area contributed by atoms with Crippen LogP contribution in [0.3, 0.4) is 0 Å². The first-order valence-electron chi connectivity index (χ1n) is 9.14. The number of sulfonamides is 1. The Balaban J connectivity index is 1.73. The highest BCUT2D eigenvalue weighted by Gasteiger charge is 2.16. The number of nitrogens with one attached hydrogen (secondary N) is 2. The predicted molar refractivity (Wildman–Crippen MR) is 114 cm³/mol. The van der Waals surface area contributed by atoms with E-state index in [1.54, 1.807) is 11.7 Å². The molecule has 3 aromatic rings. The van der Waals surface area contributed by atoms with Crippen molar-refractivity contribution in [3.05, 3.63) is 71.0 Å². The second kappa shape index (κ2) is 8.11. The van der Waals surface area contributed by atoms with Crippen LogP contribution in [-0.4, -0.2) is 29.9 Å². The number of amides is 1. The molecule has 0 saturated carbocycles. The Morgan fingerprint density at radius 2 is 1.50 bits per heavy atom. The van der Waals surface area contributed by atoms with Gasteiger partial charge in [0.15, 0.2) is 5.78 Å². The van der Waals surface area contributed by atoms with E-state index in [0.29, 0.717) is 28.2 Å². The lowest BCUT2D eigenvalue weighted by Crippen LogP contribution is -2.15. The Morgan fingerprint density at radius 3 is 2.00 bits per heavy atom. The molecule has 9 heteroatoms. The average Bonchev–Trinajstić information content (AvgIpc) is 2.94. The lowest BCUT2D eigenvalue weighted by atomic mass is 10.2. The van der Waals surface area contributed by atoms with Gasteiger partial charge < -0.3 is 5.32 Å². The van der Waals surface area contributed by atoms with E-state index >= 15 is 0 Å². The van der Waals surface area contributed by atoms with Crippen LogP contribution in [0.1, 0.15) is 39.0 Å². The molecule has 0 atom stereocenters. The van der Waals surface area contributed by atoms with Gasteiger partial charge in [-0.25, -0.2) is 8.42 Å². The van der Waals surface area contributed by atoms with Gasteiger partial charge in [0.05, 0.1) is 22.0 Å². The van der Waals surface area contributed by atoms with Crippen molar-refractivity contribution in [1.82, 2.24) is 9.78 Å². The summed E-state index contributed by atoms with van der Waals surface area (Å²) >= 11 is 0. The number of anilines is 2. The van der Waals surface area contributed by atoms with Gasteiger partial charge in [0.1, 0.15) is 0 Å². The van der Waals surface area contributed by atoms with Crippen LogP contribution in [0, 0.1) is 13.8 Å². The molecule has 0 spiro atoms. The van der Waals surface area contributed by atoms with Crippen LogP contribution < -0.4 is 10.0 Å². The zero-order chi connectivity index (χ0) is 22.1. The third-order valence-electron chi connectivity index (χ3n) is 4.72.